The number of hydrogen-bond acceptors (Lipinski definition) is 3. The topological polar surface area (TPSA) is 68.8 Å². The van der Waals surface area contributed by atoms with Gasteiger partial charge in [0.25, 0.3) is 5.91 Å². The van der Waals surface area contributed by atoms with E-state index in [2.05, 4.69) is 72.1 Å². The predicted molar refractivity (Wildman–Crippen MR) is 130 cm³/mol. The quantitative estimate of drug-likeness (QED) is 0.384. The molecule has 0 saturated carbocycles. The van der Waals surface area contributed by atoms with Gasteiger partial charge in [0.05, 0.1) is 0 Å². The Morgan fingerprint density at radius 2 is 1.81 bits per heavy atom. The van der Waals surface area contributed by atoms with E-state index >= 15 is 0 Å². The third kappa shape index (κ3) is 8.80. The Balaban J connectivity index is 1.80. The zero-order valence-electron chi connectivity index (χ0n) is 19.3. The average molecular weight is 424 g/mol. The molecule has 0 radical (unpaired) electrons. The second kappa shape index (κ2) is 13.4. The van der Waals surface area contributed by atoms with Crippen molar-refractivity contribution in [3.05, 3.63) is 71.3 Å². The first-order valence-electron chi connectivity index (χ1n) is 11.1. The van der Waals surface area contributed by atoms with Crippen LogP contribution in [-0.2, 0) is 13.0 Å². The fourth-order valence-corrected chi connectivity index (χ4v) is 3.29. The molecule has 0 heterocycles. The lowest BCUT2D eigenvalue weighted by Gasteiger charge is -2.24. The van der Waals surface area contributed by atoms with E-state index in [0.29, 0.717) is 11.6 Å². The summed E-state index contributed by atoms with van der Waals surface area (Å²) in [7, 11) is 3.81. The molecule has 0 bridgehead atoms. The summed E-state index contributed by atoms with van der Waals surface area (Å²) in [5.41, 5.74) is 3.14. The maximum absolute atomic E-state index is 11.8. The molecule has 6 nitrogen and oxygen atoms in total. The van der Waals surface area contributed by atoms with Crippen LogP contribution < -0.4 is 16.0 Å². The highest BCUT2D eigenvalue weighted by atomic mass is 16.1. The molecule has 0 aliphatic heterocycles. The van der Waals surface area contributed by atoms with Crippen LogP contribution in [0.3, 0.4) is 0 Å². The summed E-state index contributed by atoms with van der Waals surface area (Å²) >= 11 is 0. The minimum Gasteiger partial charge on any atom is -0.357 e. The van der Waals surface area contributed by atoms with Gasteiger partial charge < -0.3 is 16.0 Å². The lowest BCUT2D eigenvalue weighted by atomic mass is 10.1. The number of carbonyl (C=O) groups is 1. The van der Waals surface area contributed by atoms with Gasteiger partial charge in [-0.05, 0) is 57.0 Å². The molecule has 0 saturated heterocycles. The largest absolute Gasteiger partial charge is 0.357 e. The summed E-state index contributed by atoms with van der Waals surface area (Å²) in [4.78, 5) is 18.9. The summed E-state index contributed by atoms with van der Waals surface area (Å²) < 4.78 is 0. The van der Waals surface area contributed by atoms with Gasteiger partial charge in [-0.15, -0.1) is 0 Å². The summed E-state index contributed by atoms with van der Waals surface area (Å²) in [5, 5.41) is 9.38. The molecule has 2 aromatic carbocycles. The van der Waals surface area contributed by atoms with Crippen LogP contribution in [0.2, 0.25) is 0 Å². The number of nitrogens with one attached hydrogen (secondary N) is 3. The Labute approximate surface area is 187 Å². The van der Waals surface area contributed by atoms with E-state index < -0.39 is 0 Å². The van der Waals surface area contributed by atoms with Gasteiger partial charge in [0.15, 0.2) is 5.96 Å². The van der Waals surface area contributed by atoms with Crippen molar-refractivity contribution in [2.75, 3.05) is 33.7 Å². The molecule has 6 heteroatoms. The Morgan fingerprint density at radius 3 is 2.52 bits per heavy atom. The van der Waals surface area contributed by atoms with E-state index in [4.69, 9.17) is 4.99 Å². The number of benzene rings is 2. The highest BCUT2D eigenvalue weighted by molar-refractivity contribution is 5.94. The Bertz CT molecular complexity index is 822. The summed E-state index contributed by atoms with van der Waals surface area (Å²) in [6.45, 7) is 7.60. The zero-order chi connectivity index (χ0) is 22.5. The van der Waals surface area contributed by atoms with Gasteiger partial charge in [0, 0.05) is 44.8 Å². The number of carbonyl (C=O) groups excluding carboxylic acids is 1. The highest BCUT2D eigenvalue weighted by Gasteiger charge is 2.09. The van der Waals surface area contributed by atoms with Gasteiger partial charge in [-0.25, -0.2) is 0 Å². The molecule has 0 fully saturated rings. The molecule has 0 aliphatic rings. The number of guanidine groups is 1. The molecule has 1 atom stereocenters. The lowest BCUT2D eigenvalue weighted by Crippen LogP contribution is -2.38. The molecule has 1 unspecified atom stereocenters. The van der Waals surface area contributed by atoms with Crippen LogP contribution in [-0.4, -0.2) is 56.5 Å². The smallest absolute Gasteiger partial charge is 0.251 e. The van der Waals surface area contributed by atoms with Gasteiger partial charge in [-0.2, -0.15) is 0 Å². The zero-order valence-corrected chi connectivity index (χ0v) is 19.3. The first-order chi connectivity index (χ1) is 15.0. The molecule has 2 rings (SSSR count). The molecular weight excluding hydrogens is 386 g/mol. The van der Waals surface area contributed by atoms with E-state index in [-0.39, 0.29) is 5.91 Å². The monoisotopic (exact) mass is 423 g/mol. The Hall–Kier alpha value is -2.86. The van der Waals surface area contributed by atoms with Crippen LogP contribution in [0.25, 0.3) is 0 Å². The van der Waals surface area contributed by atoms with Crippen LogP contribution in [0.5, 0.6) is 0 Å². The van der Waals surface area contributed by atoms with Crippen LogP contribution in [0.15, 0.2) is 59.6 Å². The van der Waals surface area contributed by atoms with Gasteiger partial charge in [-0.1, -0.05) is 42.5 Å². The Morgan fingerprint density at radius 1 is 1.06 bits per heavy atom. The third-order valence-corrected chi connectivity index (χ3v) is 5.31. The predicted octanol–water partition coefficient (Wildman–Crippen LogP) is 3.05. The van der Waals surface area contributed by atoms with Crippen LogP contribution >= 0.6 is 0 Å². The fraction of sp³-hybridized carbons (Fsp3) is 0.440. The first kappa shape index (κ1) is 24.4. The van der Waals surface area contributed by atoms with Gasteiger partial charge in [-0.3, -0.25) is 14.7 Å². The summed E-state index contributed by atoms with van der Waals surface area (Å²) in [6.07, 6.45) is 1.82. The molecule has 31 heavy (non-hydrogen) atoms. The maximum atomic E-state index is 11.8. The van der Waals surface area contributed by atoms with Crippen molar-refractivity contribution < 1.29 is 4.79 Å². The number of rotatable bonds is 11. The van der Waals surface area contributed by atoms with Crippen molar-refractivity contribution >= 4 is 11.9 Å². The number of aliphatic imine (C=N–C) groups is 1. The van der Waals surface area contributed by atoms with E-state index in [1.807, 2.05) is 24.3 Å². The van der Waals surface area contributed by atoms with Crippen LogP contribution in [0.4, 0.5) is 0 Å². The number of hydrogen-bond donors (Lipinski definition) is 3. The van der Waals surface area contributed by atoms with E-state index in [1.165, 1.54) is 5.56 Å². The average Bonchev–Trinajstić information content (AvgIpc) is 2.79. The van der Waals surface area contributed by atoms with Gasteiger partial charge in [0.2, 0.25) is 0 Å². The van der Waals surface area contributed by atoms with Gasteiger partial charge >= 0.3 is 0 Å². The molecule has 0 spiro atoms. The second-order valence-corrected chi connectivity index (χ2v) is 7.76. The molecule has 2 aromatic rings. The molecule has 1 amide bonds. The van der Waals surface area contributed by atoms with Crippen molar-refractivity contribution in [2.45, 2.75) is 39.3 Å². The molecule has 0 aromatic heterocycles. The molecule has 168 valence electrons. The maximum Gasteiger partial charge on any atom is 0.251 e. The van der Waals surface area contributed by atoms with Crippen molar-refractivity contribution in [3.8, 4) is 0 Å². The first-order valence-corrected chi connectivity index (χ1v) is 11.1. The summed E-state index contributed by atoms with van der Waals surface area (Å²) in [6, 6.07) is 18.7. The molecular formula is C25H37N5O. The van der Waals surface area contributed by atoms with Crippen LogP contribution in [0, 0.1) is 0 Å². The normalized spacial score (nSPS) is 12.5. The summed E-state index contributed by atoms with van der Waals surface area (Å²) in [5.74, 6) is 0.777. The van der Waals surface area contributed by atoms with E-state index in [9.17, 15) is 4.79 Å². The van der Waals surface area contributed by atoms with Gasteiger partial charge in [0.1, 0.15) is 0 Å². The van der Waals surface area contributed by atoms with Crippen molar-refractivity contribution in [3.63, 3.8) is 0 Å². The van der Waals surface area contributed by atoms with E-state index in [1.54, 1.807) is 7.05 Å². The third-order valence-electron chi connectivity index (χ3n) is 5.31. The fourth-order valence-electron chi connectivity index (χ4n) is 3.29. The number of amides is 1. The minimum atomic E-state index is -0.0592. The lowest BCUT2D eigenvalue weighted by molar-refractivity contribution is 0.0963. The van der Waals surface area contributed by atoms with Crippen molar-refractivity contribution in [1.29, 1.82) is 0 Å². The Kier molecular flexibility index (Phi) is 10.6. The minimum absolute atomic E-state index is 0.0592. The van der Waals surface area contributed by atoms with Crippen molar-refractivity contribution in [2.24, 2.45) is 4.99 Å². The second-order valence-electron chi connectivity index (χ2n) is 7.76. The molecule has 0 aliphatic carbocycles. The number of nitrogens with zero attached hydrogens (tertiary/aromatic N) is 2. The molecule has 3 N–H and O–H groups in total. The van der Waals surface area contributed by atoms with Crippen molar-refractivity contribution in [1.82, 2.24) is 20.9 Å². The standard InChI is InChI=1S/C25H37N5O/c1-5-27-25(29-17-15-21-12-9-13-23(18-21)24(31)26-3)28-16-14-20(2)30(4)19-22-10-7-6-8-11-22/h6-13,18,20H,5,14-17,19H2,1-4H3,(H,26,31)(H2,27,28,29). The SMILES string of the molecule is CCNC(=NCCC(C)N(C)Cc1ccccc1)NCCc1cccc(C(=O)NC)c1. The van der Waals surface area contributed by atoms with Crippen LogP contribution in [0.1, 0.15) is 41.8 Å². The van der Waals surface area contributed by atoms with E-state index in [0.717, 1.165) is 50.5 Å². The highest BCUT2D eigenvalue weighted by Crippen LogP contribution is 2.08.